The summed E-state index contributed by atoms with van der Waals surface area (Å²) < 4.78 is 22.5. The van der Waals surface area contributed by atoms with Gasteiger partial charge < -0.3 is 0 Å². The Morgan fingerprint density at radius 2 is 2.11 bits per heavy atom. The molecule has 0 spiro atoms. The van der Waals surface area contributed by atoms with Crippen LogP contribution in [0.2, 0.25) is 0 Å². The molecule has 0 saturated heterocycles. The normalized spacial score (nSPS) is 10.2. The van der Waals surface area contributed by atoms with Gasteiger partial charge in [-0.05, 0) is 0 Å². The van der Waals surface area contributed by atoms with Crippen molar-refractivity contribution in [3.63, 3.8) is 0 Å². The molecular formula is C4H7NO3S. The van der Waals surface area contributed by atoms with E-state index < -0.39 is 10.0 Å². The number of amides is 1. The minimum atomic E-state index is -3.42. The molecule has 0 atom stereocenters. The van der Waals surface area contributed by atoms with Crippen LogP contribution in [-0.2, 0) is 14.8 Å². The molecule has 1 N–H and O–H groups in total. The van der Waals surface area contributed by atoms with Gasteiger partial charge in [0, 0.05) is 0 Å². The first-order chi connectivity index (χ1) is 4.12. The van der Waals surface area contributed by atoms with E-state index in [0.29, 0.717) is 0 Å². The van der Waals surface area contributed by atoms with Gasteiger partial charge in [-0.25, -0.2) is 8.42 Å². The fourth-order valence-electron chi connectivity index (χ4n) is 0.277. The highest BCUT2D eigenvalue weighted by molar-refractivity contribution is 7.90. The quantitative estimate of drug-likeness (QED) is 0.422. The molecule has 9 heavy (non-hydrogen) atoms. The van der Waals surface area contributed by atoms with Crippen molar-refractivity contribution in [3.8, 4) is 0 Å². The van der Waals surface area contributed by atoms with Gasteiger partial charge in [0.25, 0.3) is 0 Å². The Bertz CT molecular complexity index is 178. The van der Waals surface area contributed by atoms with Crippen molar-refractivity contribution in [2.75, 3.05) is 5.75 Å². The number of carbonyl (C=O) groups is 1. The highest BCUT2D eigenvalue weighted by Gasteiger charge is 2.02. The van der Waals surface area contributed by atoms with Crippen molar-refractivity contribution in [1.29, 1.82) is 0 Å². The molecule has 1 amide bonds. The van der Waals surface area contributed by atoms with Crippen LogP contribution in [0.5, 0.6) is 0 Å². The van der Waals surface area contributed by atoms with E-state index in [0.717, 1.165) is 0 Å². The van der Waals surface area contributed by atoms with E-state index >= 15 is 0 Å². The molecule has 0 fully saturated rings. The zero-order valence-corrected chi connectivity index (χ0v) is 5.52. The van der Waals surface area contributed by atoms with Gasteiger partial charge in [0.2, 0.25) is 16.4 Å². The molecule has 0 aliphatic heterocycles. The number of hydrogen-bond donors (Lipinski definition) is 1. The maximum absolute atomic E-state index is 10.4. The molecule has 0 heterocycles. The molecule has 0 aliphatic rings. The van der Waals surface area contributed by atoms with Crippen molar-refractivity contribution in [2.24, 2.45) is 0 Å². The number of nitrogens with one attached hydrogen (secondary N) is 1. The van der Waals surface area contributed by atoms with Crippen LogP contribution >= 0.6 is 0 Å². The fraction of sp³-hybridized carbons (Fsp3) is 0.250. The van der Waals surface area contributed by atoms with Gasteiger partial charge in [-0.2, -0.15) is 0 Å². The number of hydrogen-bond acceptors (Lipinski definition) is 3. The van der Waals surface area contributed by atoms with Gasteiger partial charge in [-0.1, -0.05) is 6.08 Å². The molecule has 0 rings (SSSR count). The molecular weight excluding hydrogens is 142 g/mol. The van der Waals surface area contributed by atoms with E-state index in [1.54, 1.807) is 4.72 Å². The van der Waals surface area contributed by atoms with Crippen LogP contribution < -0.4 is 4.72 Å². The van der Waals surface area contributed by atoms with Crippen LogP contribution in [0.3, 0.4) is 0 Å². The maximum atomic E-state index is 10.4. The summed E-state index contributed by atoms with van der Waals surface area (Å²) in [6.07, 6.45) is 1.32. The largest absolute Gasteiger partial charge is 0.278 e. The average Bonchev–Trinajstić information content (AvgIpc) is 1.64. The van der Waals surface area contributed by atoms with E-state index in [1.807, 2.05) is 0 Å². The Morgan fingerprint density at radius 1 is 1.56 bits per heavy atom. The Hall–Kier alpha value is -0.840. The van der Waals surface area contributed by atoms with E-state index in [2.05, 4.69) is 6.58 Å². The summed E-state index contributed by atoms with van der Waals surface area (Å²) in [6.45, 7) is 3.19. The lowest BCUT2D eigenvalue weighted by Crippen LogP contribution is -2.23. The first-order valence-corrected chi connectivity index (χ1v) is 3.82. The minimum Gasteiger partial charge on any atom is -0.278 e. The smallest absolute Gasteiger partial charge is 0.238 e. The van der Waals surface area contributed by atoms with Crippen molar-refractivity contribution < 1.29 is 13.2 Å². The molecule has 5 heteroatoms. The monoisotopic (exact) mass is 149 g/mol. The third-order valence-corrected chi connectivity index (χ3v) is 1.69. The second kappa shape index (κ2) is 3.24. The third kappa shape index (κ3) is 3.72. The molecule has 0 unspecified atom stereocenters. The van der Waals surface area contributed by atoms with Gasteiger partial charge in [0.05, 0.1) is 5.75 Å². The number of sulfonamides is 1. The molecule has 4 nitrogen and oxygen atoms in total. The van der Waals surface area contributed by atoms with Crippen LogP contribution in [0.25, 0.3) is 0 Å². The van der Waals surface area contributed by atoms with Crippen LogP contribution in [-0.4, -0.2) is 20.6 Å². The Balaban J connectivity index is 4.03. The standard InChI is InChI=1S/C4H7NO3S/c1-2-3-9(7,8)5-4-6/h2,4H,1,3H2,(H,5,6). The highest BCUT2D eigenvalue weighted by atomic mass is 32.2. The van der Waals surface area contributed by atoms with Gasteiger partial charge >= 0.3 is 0 Å². The second-order valence-electron chi connectivity index (χ2n) is 1.31. The van der Waals surface area contributed by atoms with Crippen LogP contribution in [0.1, 0.15) is 0 Å². The minimum absolute atomic E-state index is 0.124. The van der Waals surface area contributed by atoms with E-state index in [4.69, 9.17) is 0 Å². The molecule has 0 aliphatic carbocycles. The lowest BCUT2D eigenvalue weighted by atomic mass is 10.8. The zero-order valence-electron chi connectivity index (χ0n) is 4.70. The summed E-state index contributed by atoms with van der Waals surface area (Å²) in [5.41, 5.74) is 0. The van der Waals surface area contributed by atoms with E-state index in [1.165, 1.54) is 6.08 Å². The topological polar surface area (TPSA) is 63.2 Å². The highest BCUT2D eigenvalue weighted by Crippen LogP contribution is 1.79. The summed E-state index contributed by atoms with van der Waals surface area (Å²) in [4.78, 5) is 9.57. The van der Waals surface area contributed by atoms with E-state index in [9.17, 15) is 13.2 Å². The average molecular weight is 149 g/mol. The number of carbonyl (C=O) groups excluding carboxylic acids is 1. The number of rotatable bonds is 4. The van der Waals surface area contributed by atoms with Crippen LogP contribution in [0.15, 0.2) is 12.7 Å². The molecule has 0 radical (unpaired) electrons. The summed E-state index contributed by atoms with van der Waals surface area (Å²) in [7, 11) is -3.42. The molecule has 0 bridgehead atoms. The first-order valence-electron chi connectivity index (χ1n) is 2.17. The van der Waals surface area contributed by atoms with Crippen molar-refractivity contribution in [2.45, 2.75) is 0 Å². The van der Waals surface area contributed by atoms with Crippen molar-refractivity contribution >= 4 is 16.4 Å². The lowest BCUT2D eigenvalue weighted by Gasteiger charge is -1.93. The predicted molar refractivity (Wildman–Crippen MR) is 33.2 cm³/mol. The Morgan fingerprint density at radius 3 is 2.44 bits per heavy atom. The van der Waals surface area contributed by atoms with Gasteiger partial charge in [-0.15, -0.1) is 6.58 Å². The summed E-state index contributed by atoms with van der Waals surface area (Å²) in [6, 6.07) is 0. The van der Waals surface area contributed by atoms with Crippen molar-refractivity contribution in [1.82, 2.24) is 4.72 Å². The summed E-state index contributed by atoms with van der Waals surface area (Å²) >= 11 is 0. The maximum Gasteiger partial charge on any atom is 0.238 e. The Labute approximate surface area is 53.6 Å². The first kappa shape index (κ1) is 8.16. The van der Waals surface area contributed by atoms with Crippen LogP contribution in [0, 0.1) is 0 Å². The van der Waals surface area contributed by atoms with Gasteiger partial charge in [0.1, 0.15) is 0 Å². The van der Waals surface area contributed by atoms with Gasteiger partial charge in [0.15, 0.2) is 0 Å². The zero-order chi connectivity index (χ0) is 7.33. The van der Waals surface area contributed by atoms with E-state index in [-0.39, 0.29) is 12.2 Å². The third-order valence-electron chi connectivity index (χ3n) is 0.565. The Kier molecular flexibility index (Phi) is 2.94. The molecule has 0 aromatic rings. The molecule has 0 aromatic heterocycles. The van der Waals surface area contributed by atoms with Gasteiger partial charge in [-0.3, -0.25) is 9.52 Å². The van der Waals surface area contributed by atoms with Crippen LogP contribution in [0.4, 0.5) is 0 Å². The molecule has 0 aromatic carbocycles. The fourth-order valence-corrected chi connectivity index (χ4v) is 0.830. The summed E-state index contributed by atoms with van der Waals surface area (Å²) in [5.74, 6) is -0.230. The predicted octanol–water partition coefficient (Wildman–Crippen LogP) is -0.752. The SMILES string of the molecule is C=CCS(=O)(=O)NC=O. The summed E-state index contributed by atoms with van der Waals surface area (Å²) in [5, 5.41) is 0. The molecule has 52 valence electrons. The lowest BCUT2D eigenvalue weighted by molar-refractivity contribution is -0.108. The van der Waals surface area contributed by atoms with Crippen molar-refractivity contribution in [3.05, 3.63) is 12.7 Å². The molecule has 0 saturated carbocycles. The second-order valence-corrected chi connectivity index (χ2v) is 3.10.